The van der Waals surface area contributed by atoms with E-state index in [0.717, 1.165) is 6.21 Å². The molecule has 1 unspecified atom stereocenters. The normalized spacial score (nSPS) is 11.8. The number of hydrogen-bond donors (Lipinski definition) is 1. The van der Waals surface area contributed by atoms with E-state index in [2.05, 4.69) is 4.74 Å². The lowest BCUT2D eigenvalue weighted by Gasteiger charge is -2.08. The average Bonchev–Trinajstić information content (AvgIpc) is 1.98. The first-order chi connectivity index (χ1) is 5.11. The van der Waals surface area contributed by atoms with Crippen molar-refractivity contribution >= 4 is 18.0 Å². The Morgan fingerprint density at radius 1 is 1.64 bits per heavy atom. The summed E-state index contributed by atoms with van der Waals surface area (Å²) in [4.78, 5) is 21.2. The zero-order chi connectivity index (χ0) is 8.85. The van der Waals surface area contributed by atoms with Gasteiger partial charge in [0.15, 0.2) is 11.9 Å². The van der Waals surface area contributed by atoms with Crippen LogP contribution in [0.1, 0.15) is 20.3 Å². The third-order valence-corrected chi connectivity index (χ3v) is 1.11. The molecule has 0 saturated carbocycles. The summed E-state index contributed by atoms with van der Waals surface area (Å²) in [5.41, 5.74) is 0. The molecule has 0 aliphatic carbocycles. The summed E-state index contributed by atoms with van der Waals surface area (Å²) < 4.78 is 4.52. The molecule has 0 bridgehead atoms. The van der Waals surface area contributed by atoms with Crippen LogP contribution in [0, 0.1) is 5.41 Å². The van der Waals surface area contributed by atoms with Crippen molar-refractivity contribution in [3.8, 4) is 0 Å². The number of Topliss-reactive ketones (excluding diaryl/α,β-unsaturated/α-hetero) is 1. The van der Waals surface area contributed by atoms with Gasteiger partial charge in [0.1, 0.15) is 0 Å². The summed E-state index contributed by atoms with van der Waals surface area (Å²) in [7, 11) is 0. The molecule has 0 aromatic rings. The monoisotopic (exact) mass is 157 g/mol. The van der Waals surface area contributed by atoms with Crippen molar-refractivity contribution in [2.24, 2.45) is 0 Å². The van der Waals surface area contributed by atoms with Crippen LogP contribution in [-0.2, 0) is 14.3 Å². The zero-order valence-electron chi connectivity index (χ0n) is 6.59. The van der Waals surface area contributed by atoms with E-state index in [9.17, 15) is 9.59 Å². The van der Waals surface area contributed by atoms with Crippen molar-refractivity contribution in [3.63, 3.8) is 0 Å². The lowest BCUT2D eigenvalue weighted by Crippen LogP contribution is -2.26. The summed E-state index contributed by atoms with van der Waals surface area (Å²) >= 11 is 0. The van der Waals surface area contributed by atoms with Gasteiger partial charge in [0.2, 0.25) is 0 Å². The zero-order valence-corrected chi connectivity index (χ0v) is 6.59. The molecule has 1 N–H and O–H groups in total. The van der Waals surface area contributed by atoms with Crippen molar-refractivity contribution in [2.45, 2.75) is 26.4 Å². The maximum atomic E-state index is 10.9. The summed E-state index contributed by atoms with van der Waals surface area (Å²) in [6, 6.07) is 0. The van der Waals surface area contributed by atoms with Crippen molar-refractivity contribution in [3.05, 3.63) is 0 Å². The van der Waals surface area contributed by atoms with Gasteiger partial charge in [-0.05, 0) is 0 Å². The Morgan fingerprint density at radius 2 is 2.18 bits per heavy atom. The Hall–Kier alpha value is -1.19. The van der Waals surface area contributed by atoms with E-state index < -0.39 is 12.1 Å². The van der Waals surface area contributed by atoms with Crippen LogP contribution >= 0.6 is 0 Å². The highest BCUT2D eigenvalue weighted by Gasteiger charge is 2.15. The standard InChI is InChI=1S/C7H11NO3/c1-3-6(10)7(4-8)11-5(2)9/h4,7-8H,3H2,1-2H3. The second-order valence-corrected chi connectivity index (χ2v) is 2.02. The molecule has 0 radical (unpaired) electrons. The minimum Gasteiger partial charge on any atom is -0.449 e. The van der Waals surface area contributed by atoms with Gasteiger partial charge in [-0.25, -0.2) is 0 Å². The second kappa shape index (κ2) is 4.60. The highest BCUT2D eigenvalue weighted by atomic mass is 16.5. The lowest BCUT2D eigenvalue weighted by atomic mass is 10.2. The van der Waals surface area contributed by atoms with Gasteiger partial charge in [-0.15, -0.1) is 0 Å². The molecule has 0 aromatic heterocycles. The van der Waals surface area contributed by atoms with Crippen LogP contribution in [-0.4, -0.2) is 24.1 Å². The van der Waals surface area contributed by atoms with Crippen LogP contribution < -0.4 is 0 Å². The number of ether oxygens (including phenoxy) is 1. The summed E-state index contributed by atoms with van der Waals surface area (Å²) in [5, 5.41) is 6.76. The molecule has 0 amide bonds. The molecule has 0 heterocycles. The van der Waals surface area contributed by atoms with Gasteiger partial charge in [0, 0.05) is 19.6 Å². The quantitative estimate of drug-likeness (QED) is 0.478. The molecule has 4 nitrogen and oxygen atoms in total. The van der Waals surface area contributed by atoms with Gasteiger partial charge in [-0.3, -0.25) is 9.59 Å². The molecule has 0 aliphatic rings. The van der Waals surface area contributed by atoms with Gasteiger partial charge in [0.25, 0.3) is 0 Å². The topological polar surface area (TPSA) is 67.2 Å². The van der Waals surface area contributed by atoms with Crippen LogP contribution in [0.2, 0.25) is 0 Å². The molecule has 1 atom stereocenters. The number of ketones is 1. The number of esters is 1. The molecule has 11 heavy (non-hydrogen) atoms. The molecule has 4 heteroatoms. The van der Waals surface area contributed by atoms with Crippen molar-refractivity contribution in [1.29, 1.82) is 5.41 Å². The van der Waals surface area contributed by atoms with E-state index in [1.165, 1.54) is 6.92 Å². The third kappa shape index (κ3) is 3.50. The Kier molecular flexibility index (Phi) is 4.10. The highest BCUT2D eigenvalue weighted by Crippen LogP contribution is 1.94. The predicted molar refractivity (Wildman–Crippen MR) is 39.6 cm³/mol. The fourth-order valence-electron chi connectivity index (χ4n) is 0.573. The fraction of sp³-hybridized carbons (Fsp3) is 0.571. The SMILES string of the molecule is CCC(=O)C(C=N)OC(C)=O. The molecule has 0 rings (SSSR count). The lowest BCUT2D eigenvalue weighted by molar-refractivity contribution is -0.148. The number of nitrogens with one attached hydrogen (secondary N) is 1. The van der Waals surface area contributed by atoms with E-state index in [0.29, 0.717) is 0 Å². The maximum absolute atomic E-state index is 10.9. The van der Waals surface area contributed by atoms with E-state index in [4.69, 9.17) is 5.41 Å². The Morgan fingerprint density at radius 3 is 2.45 bits per heavy atom. The van der Waals surface area contributed by atoms with Gasteiger partial charge in [-0.2, -0.15) is 0 Å². The number of carbonyl (C=O) groups is 2. The molecule has 0 aromatic carbocycles. The van der Waals surface area contributed by atoms with Crippen LogP contribution in [0.15, 0.2) is 0 Å². The number of rotatable bonds is 4. The second-order valence-electron chi connectivity index (χ2n) is 2.02. The Bertz CT molecular complexity index is 177. The molecular formula is C7H11NO3. The fourth-order valence-corrected chi connectivity index (χ4v) is 0.573. The number of carbonyl (C=O) groups excluding carboxylic acids is 2. The molecule has 0 saturated heterocycles. The van der Waals surface area contributed by atoms with E-state index >= 15 is 0 Å². The Labute approximate surface area is 65.1 Å². The molecule has 0 fully saturated rings. The van der Waals surface area contributed by atoms with Crippen molar-refractivity contribution < 1.29 is 14.3 Å². The van der Waals surface area contributed by atoms with Crippen LogP contribution in [0.25, 0.3) is 0 Å². The molecule has 0 spiro atoms. The molecular weight excluding hydrogens is 146 g/mol. The van der Waals surface area contributed by atoms with Crippen LogP contribution in [0.5, 0.6) is 0 Å². The minimum atomic E-state index is -0.988. The molecule has 62 valence electrons. The third-order valence-electron chi connectivity index (χ3n) is 1.11. The maximum Gasteiger partial charge on any atom is 0.303 e. The largest absolute Gasteiger partial charge is 0.449 e. The van der Waals surface area contributed by atoms with E-state index in [1.807, 2.05) is 0 Å². The first kappa shape index (κ1) is 9.81. The predicted octanol–water partition coefficient (Wildman–Crippen LogP) is 0.547. The van der Waals surface area contributed by atoms with Gasteiger partial charge < -0.3 is 10.1 Å². The van der Waals surface area contributed by atoms with Crippen molar-refractivity contribution in [1.82, 2.24) is 0 Å². The van der Waals surface area contributed by atoms with E-state index in [-0.39, 0.29) is 12.2 Å². The smallest absolute Gasteiger partial charge is 0.303 e. The highest BCUT2D eigenvalue weighted by molar-refractivity contribution is 5.98. The van der Waals surface area contributed by atoms with Crippen LogP contribution in [0.4, 0.5) is 0 Å². The van der Waals surface area contributed by atoms with E-state index in [1.54, 1.807) is 6.92 Å². The van der Waals surface area contributed by atoms with Crippen LogP contribution in [0.3, 0.4) is 0 Å². The molecule has 0 aliphatic heterocycles. The minimum absolute atomic E-state index is 0.254. The average molecular weight is 157 g/mol. The summed E-state index contributed by atoms with van der Waals surface area (Å²) in [6.07, 6.45) is 0.109. The van der Waals surface area contributed by atoms with Gasteiger partial charge in [0.05, 0.1) is 0 Å². The first-order valence-corrected chi connectivity index (χ1v) is 3.32. The van der Waals surface area contributed by atoms with Gasteiger partial charge >= 0.3 is 5.97 Å². The Balaban J connectivity index is 4.05. The van der Waals surface area contributed by atoms with Gasteiger partial charge in [-0.1, -0.05) is 6.92 Å². The summed E-state index contributed by atoms with van der Waals surface area (Å²) in [6.45, 7) is 2.86. The van der Waals surface area contributed by atoms with Crippen molar-refractivity contribution in [2.75, 3.05) is 0 Å². The number of hydrogen-bond acceptors (Lipinski definition) is 4. The summed E-state index contributed by atoms with van der Waals surface area (Å²) in [5.74, 6) is -0.796. The first-order valence-electron chi connectivity index (χ1n) is 3.32.